The Morgan fingerprint density at radius 1 is 1.19 bits per heavy atom. The molecule has 2 amide bonds. The fraction of sp³-hybridized carbons (Fsp3) is 0.550. The second-order valence-electron chi connectivity index (χ2n) is 7.14. The highest BCUT2D eigenvalue weighted by molar-refractivity contribution is 5.98. The third-order valence-electron chi connectivity index (χ3n) is 5.19. The molecule has 2 heterocycles. The molecule has 3 rings (SSSR count). The molecule has 0 aliphatic carbocycles. The van der Waals surface area contributed by atoms with Crippen LogP contribution in [0.1, 0.15) is 39.5 Å². The Morgan fingerprint density at radius 2 is 1.89 bits per heavy atom. The maximum absolute atomic E-state index is 12.4. The zero-order valence-corrected chi connectivity index (χ0v) is 15.8. The second kappa shape index (κ2) is 8.41. The maximum Gasteiger partial charge on any atom is 0.308 e. The van der Waals surface area contributed by atoms with Crippen molar-refractivity contribution in [2.45, 2.75) is 51.6 Å². The van der Waals surface area contributed by atoms with Crippen LogP contribution in [0.3, 0.4) is 0 Å². The number of nitrogens with zero attached hydrogens (tertiary/aromatic N) is 2. The summed E-state index contributed by atoms with van der Waals surface area (Å²) >= 11 is 0. The molecule has 0 aromatic heterocycles. The lowest BCUT2D eigenvalue weighted by Crippen LogP contribution is -2.49. The van der Waals surface area contributed by atoms with Crippen molar-refractivity contribution in [1.29, 1.82) is 0 Å². The van der Waals surface area contributed by atoms with E-state index in [0.717, 1.165) is 19.3 Å². The highest BCUT2D eigenvalue weighted by Crippen LogP contribution is 2.31. The zero-order chi connectivity index (χ0) is 19.4. The van der Waals surface area contributed by atoms with Gasteiger partial charge in [-0.2, -0.15) is 0 Å². The lowest BCUT2D eigenvalue weighted by molar-refractivity contribution is -0.154. The van der Waals surface area contributed by atoms with Gasteiger partial charge in [-0.3, -0.25) is 14.4 Å². The minimum absolute atomic E-state index is 0.0263. The summed E-state index contributed by atoms with van der Waals surface area (Å²) in [5, 5.41) is 0. The number of hydrogen-bond acceptors (Lipinski definition) is 5. The van der Waals surface area contributed by atoms with Gasteiger partial charge in [-0.05, 0) is 45.2 Å². The van der Waals surface area contributed by atoms with E-state index in [9.17, 15) is 14.4 Å². The van der Waals surface area contributed by atoms with Crippen molar-refractivity contribution in [3.05, 3.63) is 24.3 Å². The fourth-order valence-corrected chi connectivity index (χ4v) is 3.80. The van der Waals surface area contributed by atoms with Crippen molar-refractivity contribution >= 4 is 23.5 Å². The van der Waals surface area contributed by atoms with Gasteiger partial charge in [0.2, 0.25) is 0 Å². The maximum atomic E-state index is 12.4. The van der Waals surface area contributed by atoms with E-state index in [0.29, 0.717) is 11.4 Å². The van der Waals surface area contributed by atoms with Gasteiger partial charge in [0.25, 0.3) is 11.8 Å². The number of hydrogen-bond donors (Lipinski definition) is 0. The van der Waals surface area contributed by atoms with Gasteiger partial charge in [0.05, 0.1) is 12.1 Å². The zero-order valence-electron chi connectivity index (χ0n) is 15.8. The number of benzene rings is 1. The fourth-order valence-electron chi connectivity index (χ4n) is 3.80. The summed E-state index contributed by atoms with van der Waals surface area (Å²) in [5.74, 6) is -0.226. The number of ether oxygens (including phenoxy) is 2. The van der Waals surface area contributed by atoms with Crippen molar-refractivity contribution in [3.63, 3.8) is 0 Å². The monoisotopic (exact) mass is 374 g/mol. The molecule has 2 aliphatic rings. The van der Waals surface area contributed by atoms with Gasteiger partial charge in [-0.25, -0.2) is 0 Å². The van der Waals surface area contributed by atoms with Crippen LogP contribution in [0.2, 0.25) is 0 Å². The molecule has 7 nitrogen and oxygen atoms in total. The Labute approximate surface area is 159 Å². The van der Waals surface area contributed by atoms with Crippen molar-refractivity contribution in [3.8, 4) is 5.75 Å². The van der Waals surface area contributed by atoms with E-state index < -0.39 is 5.97 Å². The van der Waals surface area contributed by atoms with E-state index in [1.54, 1.807) is 12.1 Å². The van der Waals surface area contributed by atoms with E-state index in [2.05, 4.69) is 0 Å². The molecule has 146 valence electrons. The standard InChI is InChI=1S/C20H26N2O5/c1-14-6-5-7-15(2)22(14)19(24)13-27-20(25)10-11-21-16-8-3-4-9-17(16)26-12-18(21)23/h3-4,8-9,14-15H,5-7,10-13H2,1-2H3/t14-,15-/m1/s1. The van der Waals surface area contributed by atoms with E-state index in [1.165, 1.54) is 4.90 Å². The van der Waals surface area contributed by atoms with E-state index in [1.807, 2.05) is 30.9 Å². The van der Waals surface area contributed by atoms with Crippen LogP contribution in [0.25, 0.3) is 0 Å². The summed E-state index contributed by atoms with van der Waals surface area (Å²) in [6.07, 6.45) is 3.09. The normalized spacial score (nSPS) is 22.1. The molecule has 0 spiro atoms. The highest BCUT2D eigenvalue weighted by atomic mass is 16.5. The number of esters is 1. The molecule has 27 heavy (non-hydrogen) atoms. The van der Waals surface area contributed by atoms with E-state index >= 15 is 0 Å². The first kappa shape index (κ1) is 19.2. The van der Waals surface area contributed by atoms with Crippen LogP contribution in [0.4, 0.5) is 5.69 Å². The predicted octanol–water partition coefficient (Wildman–Crippen LogP) is 2.13. The van der Waals surface area contributed by atoms with E-state index in [-0.39, 0.29) is 50.1 Å². The number of carbonyl (C=O) groups is 3. The molecule has 7 heteroatoms. The number of amides is 2. The Bertz CT molecular complexity index is 710. The van der Waals surface area contributed by atoms with Crippen LogP contribution in [-0.4, -0.2) is 54.5 Å². The first-order valence-electron chi connectivity index (χ1n) is 9.46. The minimum atomic E-state index is -0.488. The molecule has 0 N–H and O–H groups in total. The molecule has 2 aliphatic heterocycles. The average molecular weight is 374 g/mol. The third-order valence-corrected chi connectivity index (χ3v) is 5.19. The molecule has 1 saturated heterocycles. The van der Waals surface area contributed by atoms with Gasteiger partial charge in [0.15, 0.2) is 13.2 Å². The van der Waals surface area contributed by atoms with E-state index in [4.69, 9.17) is 9.47 Å². The van der Waals surface area contributed by atoms with Gasteiger partial charge in [0.1, 0.15) is 5.75 Å². The SMILES string of the molecule is C[C@@H]1CCC[C@@H](C)N1C(=O)COC(=O)CCN1C(=O)COc2ccccc21. The summed E-state index contributed by atoms with van der Waals surface area (Å²) in [5.41, 5.74) is 0.647. The predicted molar refractivity (Wildman–Crippen MR) is 99.5 cm³/mol. The third kappa shape index (κ3) is 4.40. The van der Waals surface area contributed by atoms with Crippen molar-refractivity contribution in [1.82, 2.24) is 4.90 Å². The van der Waals surface area contributed by atoms with Gasteiger partial charge in [-0.15, -0.1) is 0 Å². The average Bonchev–Trinajstić information content (AvgIpc) is 2.65. The molecule has 1 aromatic carbocycles. The first-order chi connectivity index (χ1) is 13.0. The summed E-state index contributed by atoms with van der Waals surface area (Å²) in [6, 6.07) is 7.54. The van der Waals surface area contributed by atoms with Crippen LogP contribution in [0, 0.1) is 0 Å². The van der Waals surface area contributed by atoms with Gasteiger partial charge < -0.3 is 19.3 Å². The first-order valence-corrected chi connectivity index (χ1v) is 9.46. The summed E-state index contributed by atoms with van der Waals surface area (Å²) in [4.78, 5) is 39.9. The molecule has 0 unspecified atom stereocenters. The molecule has 0 bridgehead atoms. The Morgan fingerprint density at radius 3 is 2.63 bits per heavy atom. The smallest absolute Gasteiger partial charge is 0.308 e. The Balaban J connectivity index is 1.50. The minimum Gasteiger partial charge on any atom is -0.482 e. The molecule has 2 atom stereocenters. The Hall–Kier alpha value is -2.57. The largest absolute Gasteiger partial charge is 0.482 e. The number of rotatable bonds is 5. The van der Waals surface area contributed by atoms with Crippen molar-refractivity contribution in [2.24, 2.45) is 0 Å². The topological polar surface area (TPSA) is 76.2 Å². The summed E-state index contributed by atoms with van der Waals surface area (Å²) in [7, 11) is 0. The van der Waals surface area contributed by atoms with Crippen LogP contribution in [0.15, 0.2) is 24.3 Å². The molecule has 0 radical (unpaired) electrons. The van der Waals surface area contributed by atoms with Crippen LogP contribution < -0.4 is 9.64 Å². The van der Waals surface area contributed by atoms with Crippen molar-refractivity contribution in [2.75, 3.05) is 24.7 Å². The highest BCUT2D eigenvalue weighted by Gasteiger charge is 2.30. The number of anilines is 1. The van der Waals surface area contributed by atoms with Gasteiger partial charge in [-0.1, -0.05) is 12.1 Å². The number of likely N-dealkylation sites (tertiary alicyclic amines) is 1. The number of fused-ring (bicyclic) bond motifs is 1. The number of piperidine rings is 1. The Kier molecular flexibility index (Phi) is 5.98. The molecule has 1 fully saturated rings. The second-order valence-corrected chi connectivity index (χ2v) is 7.14. The molecular weight excluding hydrogens is 348 g/mol. The number of carbonyl (C=O) groups excluding carboxylic acids is 3. The summed E-state index contributed by atoms with van der Waals surface area (Å²) in [6.45, 7) is 3.95. The van der Waals surface area contributed by atoms with Gasteiger partial charge in [0, 0.05) is 18.6 Å². The molecule has 1 aromatic rings. The van der Waals surface area contributed by atoms with Gasteiger partial charge >= 0.3 is 5.97 Å². The molecule has 0 saturated carbocycles. The lowest BCUT2D eigenvalue weighted by atomic mass is 9.97. The number of para-hydroxylation sites is 2. The van der Waals surface area contributed by atoms with Crippen LogP contribution in [-0.2, 0) is 19.1 Å². The quantitative estimate of drug-likeness (QED) is 0.738. The van der Waals surface area contributed by atoms with Crippen molar-refractivity contribution < 1.29 is 23.9 Å². The van der Waals surface area contributed by atoms with Crippen LogP contribution in [0.5, 0.6) is 5.75 Å². The lowest BCUT2D eigenvalue weighted by Gasteiger charge is -2.38. The summed E-state index contributed by atoms with van der Waals surface area (Å²) < 4.78 is 10.6. The molecular formula is C20H26N2O5. The van der Waals surface area contributed by atoms with Crippen LogP contribution >= 0.6 is 0 Å².